The van der Waals surface area contributed by atoms with Gasteiger partial charge in [0.2, 0.25) is 5.75 Å². The SMILES string of the molecule is COc1ccc(C2CC(=O)C3=C(C2)Nc2ccccc2NC3c2cc(OC)c(O)c([N+](=O)[O-])c2)cc1OC. The number of carbonyl (C=O) groups excluding carboxylic acids is 1. The Labute approximate surface area is 219 Å². The van der Waals surface area contributed by atoms with Crippen LogP contribution in [0.15, 0.2) is 65.9 Å². The second-order valence-electron chi connectivity index (χ2n) is 9.13. The van der Waals surface area contributed by atoms with E-state index in [0.717, 1.165) is 22.6 Å². The molecule has 3 aromatic rings. The number of benzene rings is 3. The summed E-state index contributed by atoms with van der Waals surface area (Å²) in [5.41, 5.74) is 3.59. The lowest BCUT2D eigenvalue weighted by molar-refractivity contribution is -0.386. The highest BCUT2D eigenvalue weighted by Crippen LogP contribution is 2.47. The van der Waals surface area contributed by atoms with Crippen molar-refractivity contribution in [1.82, 2.24) is 0 Å². The summed E-state index contributed by atoms with van der Waals surface area (Å²) in [6, 6.07) is 15.3. The van der Waals surface area contributed by atoms with E-state index >= 15 is 0 Å². The lowest BCUT2D eigenvalue weighted by atomic mass is 9.78. The number of hydrogen-bond acceptors (Lipinski definition) is 9. The first-order valence-electron chi connectivity index (χ1n) is 12.0. The van der Waals surface area contributed by atoms with Crippen LogP contribution in [0.2, 0.25) is 0 Å². The minimum atomic E-state index is -0.715. The first-order chi connectivity index (χ1) is 18.3. The second-order valence-corrected chi connectivity index (χ2v) is 9.13. The van der Waals surface area contributed by atoms with Gasteiger partial charge in [-0.25, -0.2) is 0 Å². The summed E-state index contributed by atoms with van der Waals surface area (Å²) in [6.45, 7) is 0. The smallest absolute Gasteiger partial charge is 0.315 e. The van der Waals surface area contributed by atoms with Crippen LogP contribution >= 0.6 is 0 Å². The van der Waals surface area contributed by atoms with Gasteiger partial charge in [-0.05, 0) is 53.8 Å². The molecule has 196 valence electrons. The summed E-state index contributed by atoms with van der Waals surface area (Å²) in [4.78, 5) is 24.8. The minimum Gasteiger partial charge on any atom is -0.500 e. The molecule has 0 saturated carbocycles. The maximum atomic E-state index is 13.8. The fourth-order valence-corrected chi connectivity index (χ4v) is 5.16. The summed E-state index contributed by atoms with van der Waals surface area (Å²) in [5.74, 6) is 0.356. The molecule has 1 aliphatic heterocycles. The molecule has 2 atom stereocenters. The Balaban J connectivity index is 1.63. The Morgan fingerprint density at radius 3 is 2.26 bits per heavy atom. The highest BCUT2D eigenvalue weighted by atomic mass is 16.6. The van der Waals surface area contributed by atoms with Crippen molar-refractivity contribution in [2.75, 3.05) is 32.0 Å². The number of allylic oxidation sites excluding steroid dienone is 1. The van der Waals surface area contributed by atoms with Gasteiger partial charge in [-0.15, -0.1) is 0 Å². The van der Waals surface area contributed by atoms with E-state index in [-0.39, 0.29) is 23.9 Å². The topological polar surface area (TPSA) is 132 Å². The fraction of sp³-hybridized carbons (Fsp3) is 0.250. The number of nitrogens with zero attached hydrogens (tertiary/aromatic N) is 1. The van der Waals surface area contributed by atoms with E-state index in [1.807, 2.05) is 42.5 Å². The van der Waals surface area contributed by atoms with Gasteiger partial charge in [0.25, 0.3) is 0 Å². The Bertz CT molecular complexity index is 1470. The number of nitro groups is 1. The van der Waals surface area contributed by atoms with Gasteiger partial charge in [0.15, 0.2) is 23.0 Å². The number of carbonyl (C=O) groups is 1. The Kier molecular flexibility index (Phi) is 6.54. The number of phenols is 1. The third kappa shape index (κ3) is 4.34. The van der Waals surface area contributed by atoms with Crippen molar-refractivity contribution in [3.05, 3.63) is 87.1 Å². The van der Waals surface area contributed by atoms with Crippen molar-refractivity contribution < 1.29 is 29.0 Å². The zero-order valence-electron chi connectivity index (χ0n) is 21.1. The number of nitrogens with one attached hydrogen (secondary N) is 2. The molecule has 0 bridgehead atoms. The van der Waals surface area contributed by atoms with Gasteiger partial charge in [-0.2, -0.15) is 0 Å². The van der Waals surface area contributed by atoms with Crippen LogP contribution in [0, 0.1) is 10.1 Å². The highest BCUT2D eigenvalue weighted by Gasteiger charge is 2.37. The van der Waals surface area contributed by atoms with Crippen molar-refractivity contribution in [2.45, 2.75) is 24.8 Å². The second kappa shape index (κ2) is 9.97. The molecule has 1 heterocycles. The highest BCUT2D eigenvalue weighted by molar-refractivity contribution is 6.01. The standard InChI is InChI=1S/C28H27N3O7/c1-36-23-9-8-15(13-24(23)37-2)16-10-20-26(22(32)12-16)27(30-19-7-5-4-6-18(19)29-20)17-11-21(31(34)35)28(33)25(14-17)38-3/h4-9,11,13-14,16,27,29-30,33H,10,12H2,1-3H3. The first kappa shape index (κ1) is 24.9. The quantitative estimate of drug-likeness (QED) is 0.294. The van der Waals surface area contributed by atoms with Crippen molar-refractivity contribution in [3.63, 3.8) is 0 Å². The Morgan fingerprint density at radius 1 is 0.895 bits per heavy atom. The number of Topliss-reactive ketones (excluding diaryl/α,β-unsaturated/α-hetero) is 1. The molecule has 38 heavy (non-hydrogen) atoms. The summed E-state index contributed by atoms with van der Waals surface area (Å²) in [6.07, 6.45) is 0.766. The van der Waals surface area contributed by atoms with Crippen LogP contribution in [0.25, 0.3) is 0 Å². The van der Waals surface area contributed by atoms with Crippen molar-refractivity contribution in [2.24, 2.45) is 0 Å². The van der Waals surface area contributed by atoms with Crippen LogP contribution in [-0.4, -0.2) is 37.1 Å². The van der Waals surface area contributed by atoms with E-state index < -0.39 is 22.4 Å². The number of aromatic hydroxyl groups is 1. The number of para-hydroxylation sites is 2. The molecule has 1 aliphatic carbocycles. The summed E-state index contributed by atoms with van der Waals surface area (Å²) in [7, 11) is 4.46. The minimum absolute atomic E-state index is 0.0462. The molecule has 0 fully saturated rings. The predicted molar refractivity (Wildman–Crippen MR) is 141 cm³/mol. The lowest BCUT2D eigenvalue weighted by Crippen LogP contribution is -2.27. The molecule has 2 aliphatic rings. The van der Waals surface area contributed by atoms with E-state index in [0.29, 0.717) is 29.1 Å². The summed E-state index contributed by atoms with van der Waals surface area (Å²) >= 11 is 0. The third-order valence-corrected chi connectivity index (χ3v) is 7.02. The normalized spacial score (nSPS) is 18.3. The molecule has 0 saturated heterocycles. The first-order valence-corrected chi connectivity index (χ1v) is 12.0. The van der Waals surface area contributed by atoms with Gasteiger partial charge < -0.3 is 30.0 Å². The maximum Gasteiger partial charge on any atom is 0.315 e. The van der Waals surface area contributed by atoms with E-state index in [9.17, 15) is 20.0 Å². The molecule has 10 nitrogen and oxygen atoms in total. The fourth-order valence-electron chi connectivity index (χ4n) is 5.16. The lowest BCUT2D eigenvalue weighted by Gasteiger charge is -2.30. The average Bonchev–Trinajstić information content (AvgIpc) is 3.09. The molecule has 0 amide bonds. The van der Waals surface area contributed by atoms with Gasteiger partial charge >= 0.3 is 5.69 Å². The van der Waals surface area contributed by atoms with Crippen LogP contribution in [0.4, 0.5) is 17.1 Å². The van der Waals surface area contributed by atoms with Crippen molar-refractivity contribution in [3.8, 4) is 23.0 Å². The number of rotatable bonds is 6. The molecule has 5 rings (SSSR count). The Morgan fingerprint density at radius 2 is 1.58 bits per heavy atom. The zero-order valence-corrected chi connectivity index (χ0v) is 21.1. The number of methoxy groups -OCH3 is 3. The number of ketones is 1. The van der Waals surface area contributed by atoms with E-state index in [2.05, 4.69) is 10.6 Å². The number of fused-ring (bicyclic) bond motifs is 1. The van der Waals surface area contributed by atoms with Gasteiger partial charge in [0.1, 0.15) is 0 Å². The number of ether oxygens (including phenoxy) is 3. The molecular formula is C28H27N3O7. The van der Waals surface area contributed by atoms with E-state index in [4.69, 9.17) is 14.2 Å². The van der Waals surface area contributed by atoms with Crippen LogP contribution in [0.3, 0.4) is 0 Å². The van der Waals surface area contributed by atoms with Crippen LogP contribution in [-0.2, 0) is 4.79 Å². The number of phenolic OH excluding ortho intramolecular Hbond substituents is 1. The molecule has 3 N–H and O–H groups in total. The molecule has 0 spiro atoms. The van der Waals surface area contributed by atoms with E-state index in [1.54, 1.807) is 14.2 Å². The van der Waals surface area contributed by atoms with Crippen LogP contribution in [0.5, 0.6) is 23.0 Å². The maximum absolute atomic E-state index is 13.8. The van der Waals surface area contributed by atoms with Crippen molar-refractivity contribution in [1.29, 1.82) is 0 Å². The van der Waals surface area contributed by atoms with Crippen LogP contribution < -0.4 is 24.8 Å². The van der Waals surface area contributed by atoms with Crippen LogP contribution in [0.1, 0.15) is 35.9 Å². The molecule has 10 heteroatoms. The molecule has 2 unspecified atom stereocenters. The summed E-state index contributed by atoms with van der Waals surface area (Å²) < 4.78 is 16.1. The van der Waals surface area contributed by atoms with Gasteiger partial charge in [0.05, 0.1) is 43.7 Å². The molecule has 0 radical (unpaired) electrons. The third-order valence-electron chi connectivity index (χ3n) is 7.02. The molecule has 0 aromatic heterocycles. The average molecular weight is 518 g/mol. The zero-order chi connectivity index (χ0) is 27.0. The molecular weight excluding hydrogens is 490 g/mol. The van der Waals surface area contributed by atoms with E-state index in [1.165, 1.54) is 19.2 Å². The monoisotopic (exact) mass is 517 g/mol. The van der Waals surface area contributed by atoms with Gasteiger partial charge in [-0.1, -0.05) is 18.2 Å². The van der Waals surface area contributed by atoms with Gasteiger partial charge in [-0.3, -0.25) is 14.9 Å². The largest absolute Gasteiger partial charge is 0.500 e. The molecule has 3 aromatic carbocycles. The number of nitro benzene ring substituents is 1. The number of anilines is 2. The summed E-state index contributed by atoms with van der Waals surface area (Å²) in [5, 5.41) is 28.9. The predicted octanol–water partition coefficient (Wildman–Crippen LogP) is 5.31. The van der Waals surface area contributed by atoms with Gasteiger partial charge in [0, 0.05) is 23.8 Å². The van der Waals surface area contributed by atoms with Crippen molar-refractivity contribution >= 4 is 22.8 Å². The number of hydrogen-bond donors (Lipinski definition) is 3. The Hall–Kier alpha value is -4.73.